The van der Waals surface area contributed by atoms with E-state index in [1.807, 2.05) is 71.4 Å². The van der Waals surface area contributed by atoms with Crippen LogP contribution in [0, 0.1) is 0 Å². The molecule has 206 valence electrons. The van der Waals surface area contributed by atoms with E-state index in [0.717, 1.165) is 42.7 Å². The van der Waals surface area contributed by atoms with Crippen LogP contribution in [0.4, 0.5) is 4.39 Å². The SMILES string of the molecule is O=C1C=C(c2ccccc2)C(=O)N1Cc1cc2nccc(-c3cc(Cl)cc4ccn(CC5(F)CCNCC5)c34)c2s1. The molecule has 2 aromatic carbocycles. The van der Waals surface area contributed by atoms with Crippen LogP contribution < -0.4 is 5.32 Å². The molecule has 41 heavy (non-hydrogen) atoms. The summed E-state index contributed by atoms with van der Waals surface area (Å²) >= 11 is 8.08. The van der Waals surface area contributed by atoms with Gasteiger partial charge in [0.25, 0.3) is 11.8 Å². The Morgan fingerprint density at radius 1 is 1.02 bits per heavy atom. The summed E-state index contributed by atoms with van der Waals surface area (Å²) < 4.78 is 18.7. The summed E-state index contributed by atoms with van der Waals surface area (Å²) in [6, 6.07) is 18.9. The van der Waals surface area contributed by atoms with Crippen molar-refractivity contribution in [3.63, 3.8) is 0 Å². The van der Waals surface area contributed by atoms with Crippen LogP contribution in [0.1, 0.15) is 23.3 Å². The lowest BCUT2D eigenvalue weighted by Crippen LogP contribution is -2.41. The zero-order chi connectivity index (χ0) is 28.1. The van der Waals surface area contributed by atoms with Crippen molar-refractivity contribution in [2.24, 2.45) is 0 Å². The maximum absolute atomic E-state index is 15.8. The molecule has 0 aliphatic carbocycles. The highest BCUT2D eigenvalue weighted by Crippen LogP contribution is 2.40. The van der Waals surface area contributed by atoms with Gasteiger partial charge in [0.2, 0.25) is 0 Å². The van der Waals surface area contributed by atoms with Crippen LogP contribution in [0.15, 0.2) is 79.1 Å². The molecule has 3 aromatic heterocycles. The number of thiophene rings is 1. The molecule has 5 aromatic rings. The lowest BCUT2D eigenvalue weighted by molar-refractivity contribution is -0.137. The number of amides is 2. The summed E-state index contributed by atoms with van der Waals surface area (Å²) in [5, 5.41) is 4.78. The highest BCUT2D eigenvalue weighted by Gasteiger charge is 2.34. The Morgan fingerprint density at radius 2 is 1.83 bits per heavy atom. The maximum Gasteiger partial charge on any atom is 0.261 e. The van der Waals surface area contributed by atoms with Crippen molar-refractivity contribution in [2.45, 2.75) is 31.6 Å². The zero-order valence-electron chi connectivity index (χ0n) is 22.1. The molecule has 1 fully saturated rings. The molecule has 2 amide bonds. The Kier molecular flexibility index (Phi) is 6.49. The van der Waals surface area contributed by atoms with Gasteiger partial charge in [-0.1, -0.05) is 41.9 Å². The second-order valence-corrected chi connectivity index (χ2v) is 12.2. The number of aromatic nitrogens is 2. The molecule has 0 radical (unpaired) electrons. The molecule has 0 unspecified atom stereocenters. The fraction of sp³-hybridized carbons (Fsp3) is 0.219. The molecule has 9 heteroatoms. The number of carbonyl (C=O) groups is 2. The second kappa shape index (κ2) is 10.2. The van der Waals surface area contributed by atoms with E-state index in [4.69, 9.17) is 11.6 Å². The molecule has 2 aliphatic heterocycles. The largest absolute Gasteiger partial charge is 0.344 e. The van der Waals surface area contributed by atoms with Crippen molar-refractivity contribution in [3.8, 4) is 11.1 Å². The van der Waals surface area contributed by atoms with Crippen LogP contribution in [0.5, 0.6) is 0 Å². The number of rotatable bonds is 6. The first-order valence-corrected chi connectivity index (χ1v) is 14.8. The topological polar surface area (TPSA) is 67.2 Å². The first-order chi connectivity index (χ1) is 19.9. The Labute approximate surface area is 245 Å². The van der Waals surface area contributed by atoms with E-state index in [1.54, 1.807) is 6.20 Å². The third-order valence-electron chi connectivity index (χ3n) is 7.94. The number of piperidine rings is 1. The normalized spacial score (nSPS) is 17.1. The number of imide groups is 1. The van der Waals surface area contributed by atoms with Crippen molar-refractivity contribution in [2.75, 3.05) is 13.1 Å². The summed E-state index contributed by atoms with van der Waals surface area (Å²) in [5.41, 5.74) is 3.37. The molecule has 1 N–H and O–H groups in total. The molecule has 0 atom stereocenters. The molecule has 2 aliphatic rings. The second-order valence-electron chi connectivity index (χ2n) is 10.7. The molecule has 1 saturated heterocycles. The van der Waals surface area contributed by atoms with Gasteiger partial charge in [0.1, 0.15) is 5.67 Å². The fourth-order valence-electron chi connectivity index (χ4n) is 5.90. The Balaban J connectivity index is 1.25. The van der Waals surface area contributed by atoms with Gasteiger partial charge < -0.3 is 9.88 Å². The Morgan fingerprint density at radius 3 is 2.63 bits per heavy atom. The molecule has 7 rings (SSSR count). The van der Waals surface area contributed by atoms with Gasteiger partial charge in [0.05, 0.1) is 34.4 Å². The fourth-order valence-corrected chi connectivity index (χ4v) is 7.26. The molecule has 0 bridgehead atoms. The Bertz CT molecular complexity index is 1860. The van der Waals surface area contributed by atoms with Gasteiger partial charge in [0, 0.05) is 44.9 Å². The molecular weight excluding hydrogens is 559 g/mol. The summed E-state index contributed by atoms with van der Waals surface area (Å²) in [4.78, 5) is 32.7. The van der Waals surface area contributed by atoms with Gasteiger partial charge in [-0.3, -0.25) is 19.5 Å². The van der Waals surface area contributed by atoms with E-state index in [0.29, 0.717) is 36.5 Å². The van der Waals surface area contributed by atoms with E-state index >= 15 is 4.39 Å². The molecule has 0 spiro atoms. The van der Waals surface area contributed by atoms with Crippen molar-refractivity contribution in [1.29, 1.82) is 0 Å². The lowest BCUT2D eigenvalue weighted by Gasteiger charge is -2.31. The number of alkyl halides is 1. The van der Waals surface area contributed by atoms with Gasteiger partial charge in [0.15, 0.2) is 0 Å². The third-order valence-corrected chi connectivity index (χ3v) is 9.30. The van der Waals surface area contributed by atoms with Gasteiger partial charge in [-0.05, 0) is 61.8 Å². The minimum atomic E-state index is -1.28. The molecular formula is C32H26ClFN4O2S. The van der Waals surface area contributed by atoms with E-state index in [-0.39, 0.29) is 24.9 Å². The maximum atomic E-state index is 15.8. The average Bonchev–Trinajstić information content (AvgIpc) is 3.65. The van der Waals surface area contributed by atoms with Crippen LogP contribution in [0.3, 0.4) is 0 Å². The highest BCUT2D eigenvalue weighted by molar-refractivity contribution is 7.19. The number of nitrogens with one attached hydrogen (secondary N) is 1. The monoisotopic (exact) mass is 584 g/mol. The number of hydrogen-bond donors (Lipinski definition) is 1. The first-order valence-electron chi connectivity index (χ1n) is 13.6. The number of pyridine rings is 1. The zero-order valence-corrected chi connectivity index (χ0v) is 23.6. The highest BCUT2D eigenvalue weighted by atomic mass is 35.5. The summed E-state index contributed by atoms with van der Waals surface area (Å²) in [6.45, 7) is 1.76. The Hall–Kier alpha value is -3.85. The van der Waals surface area contributed by atoms with Gasteiger partial charge in [-0.15, -0.1) is 11.3 Å². The van der Waals surface area contributed by atoms with Crippen LogP contribution >= 0.6 is 22.9 Å². The van der Waals surface area contributed by atoms with Crippen molar-refractivity contribution < 1.29 is 14.0 Å². The van der Waals surface area contributed by atoms with Gasteiger partial charge in [-0.25, -0.2) is 4.39 Å². The van der Waals surface area contributed by atoms with Crippen LogP contribution in [-0.2, 0) is 22.7 Å². The van der Waals surface area contributed by atoms with E-state index in [1.165, 1.54) is 22.3 Å². The van der Waals surface area contributed by atoms with Crippen LogP contribution in [0.25, 0.3) is 37.8 Å². The van der Waals surface area contributed by atoms with Gasteiger partial charge >= 0.3 is 0 Å². The standard InChI is InChI=1S/C32H26ClFN4O2S/c33-22-14-21-7-13-37(19-32(34)8-11-35-12-9-32)29(21)26(15-22)24-6-10-36-27-16-23(41-30(24)27)18-38-28(39)17-25(31(38)40)20-4-2-1-3-5-20/h1-7,10,13-17,35H,8-9,11-12,18-19H2. The minimum absolute atomic E-state index is 0.157. The smallest absolute Gasteiger partial charge is 0.261 e. The first kappa shape index (κ1) is 26.1. The number of halogens is 2. The van der Waals surface area contributed by atoms with E-state index in [2.05, 4.69) is 10.3 Å². The predicted octanol–water partition coefficient (Wildman–Crippen LogP) is 6.62. The van der Waals surface area contributed by atoms with E-state index in [9.17, 15) is 9.59 Å². The summed E-state index contributed by atoms with van der Waals surface area (Å²) in [7, 11) is 0. The summed E-state index contributed by atoms with van der Waals surface area (Å²) in [5.74, 6) is -0.633. The molecule has 5 heterocycles. The number of carbonyl (C=O) groups excluding carboxylic acids is 2. The van der Waals surface area contributed by atoms with E-state index < -0.39 is 5.67 Å². The average molecular weight is 585 g/mol. The molecule has 6 nitrogen and oxygen atoms in total. The summed E-state index contributed by atoms with van der Waals surface area (Å²) in [6.07, 6.45) is 6.04. The lowest BCUT2D eigenvalue weighted by atomic mass is 9.94. The quantitative estimate of drug-likeness (QED) is 0.228. The minimum Gasteiger partial charge on any atom is -0.344 e. The number of fused-ring (bicyclic) bond motifs is 2. The van der Waals surface area contributed by atoms with Crippen LogP contribution in [0.2, 0.25) is 5.02 Å². The number of hydrogen-bond acceptors (Lipinski definition) is 5. The number of benzene rings is 2. The third kappa shape index (κ3) is 4.76. The molecule has 0 saturated carbocycles. The predicted molar refractivity (Wildman–Crippen MR) is 161 cm³/mol. The van der Waals surface area contributed by atoms with Crippen molar-refractivity contribution in [1.82, 2.24) is 19.8 Å². The number of nitrogens with zero attached hydrogens (tertiary/aromatic N) is 3. The van der Waals surface area contributed by atoms with Gasteiger partial charge in [-0.2, -0.15) is 0 Å². The van der Waals surface area contributed by atoms with Crippen LogP contribution in [-0.4, -0.2) is 45.0 Å². The van der Waals surface area contributed by atoms with Crippen molar-refractivity contribution in [3.05, 3.63) is 94.6 Å². The van der Waals surface area contributed by atoms with Crippen molar-refractivity contribution >= 4 is 61.4 Å².